The second-order valence-electron chi connectivity index (χ2n) is 4.55. The number of amides is 2. The SMILES string of the molecule is O=C1NC(=O)c2ccccc21.O=C1OC(=O)c2ccccc21. The highest BCUT2D eigenvalue weighted by Crippen LogP contribution is 2.18. The molecular weight excluding hydrogens is 286 g/mol. The lowest BCUT2D eigenvalue weighted by Gasteiger charge is -1.88. The van der Waals surface area contributed by atoms with E-state index in [2.05, 4.69) is 10.1 Å². The van der Waals surface area contributed by atoms with Crippen LogP contribution in [0.5, 0.6) is 0 Å². The normalized spacial score (nSPS) is 14.5. The Kier molecular flexibility index (Phi) is 3.27. The summed E-state index contributed by atoms with van der Waals surface area (Å²) in [5.74, 6) is -1.70. The number of nitrogens with one attached hydrogen (secondary N) is 1. The van der Waals surface area contributed by atoms with E-state index in [-0.39, 0.29) is 11.8 Å². The number of hydrogen-bond donors (Lipinski definition) is 1. The summed E-state index contributed by atoms with van der Waals surface area (Å²) >= 11 is 0. The highest BCUT2D eigenvalue weighted by molar-refractivity contribution is 6.21. The minimum Gasteiger partial charge on any atom is -0.386 e. The zero-order valence-electron chi connectivity index (χ0n) is 11.2. The van der Waals surface area contributed by atoms with E-state index in [0.717, 1.165) is 0 Å². The van der Waals surface area contributed by atoms with E-state index in [1.165, 1.54) is 0 Å². The third-order valence-corrected chi connectivity index (χ3v) is 3.20. The number of carbonyl (C=O) groups is 4. The van der Waals surface area contributed by atoms with E-state index in [1.807, 2.05) is 0 Å². The Bertz CT molecular complexity index is 689. The van der Waals surface area contributed by atoms with Gasteiger partial charge in [0.25, 0.3) is 11.8 Å². The summed E-state index contributed by atoms with van der Waals surface area (Å²) in [6, 6.07) is 13.3. The predicted octanol–water partition coefficient (Wildman–Crippen LogP) is 1.57. The fourth-order valence-corrected chi connectivity index (χ4v) is 2.15. The first-order valence-corrected chi connectivity index (χ1v) is 6.38. The molecule has 22 heavy (non-hydrogen) atoms. The van der Waals surface area contributed by atoms with Crippen molar-refractivity contribution in [3.63, 3.8) is 0 Å². The van der Waals surface area contributed by atoms with Crippen molar-refractivity contribution in [3.8, 4) is 0 Å². The minimum atomic E-state index is -0.550. The monoisotopic (exact) mass is 295 g/mol. The van der Waals surface area contributed by atoms with Gasteiger partial charge in [0.1, 0.15) is 0 Å². The standard InChI is InChI=1S/C8H5NO2.C8H4O3/c10-7-5-3-1-2-4-6(5)8(11)9-7;9-7-5-3-1-2-4-6(5)8(10)11-7/h1-4H,(H,9,10,11);1-4H. The van der Waals surface area contributed by atoms with E-state index in [1.54, 1.807) is 48.5 Å². The van der Waals surface area contributed by atoms with E-state index >= 15 is 0 Å². The number of fused-ring (bicyclic) bond motifs is 2. The average Bonchev–Trinajstić information content (AvgIpc) is 2.99. The quantitative estimate of drug-likeness (QED) is 0.452. The topological polar surface area (TPSA) is 89.5 Å². The maximum Gasteiger partial charge on any atom is 0.346 e. The lowest BCUT2D eigenvalue weighted by atomic mass is 10.1. The van der Waals surface area contributed by atoms with Crippen LogP contribution in [-0.4, -0.2) is 23.8 Å². The van der Waals surface area contributed by atoms with Crippen molar-refractivity contribution >= 4 is 23.8 Å². The van der Waals surface area contributed by atoms with Gasteiger partial charge < -0.3 is 4.74 Å². The Morgan fingerprint density at radius 1 is 0.591 bits per heavy atom. The molecule has 0 unspecified atom stereocenters. The highest BCUT2D eigenvalue weighted by atomic mass is 16.6. The van der Waals surface area contributed by atoms with Crippen LogP contribution in [0.3, 0.4) is 0 Å². The number of ether oxygens (including phenoxy) is 1. The Morgan fingerprint density at radius 3 is 1.36 bits per heavy atom. The summed E-state index contributed by atoms with van der Waals surface area (Å²) in [6.07, 6.45) is 0. The zero-order chi connectivity index (χ0) is 15.7. The average molecular weight is 295 g/mol. The first-order chi connectivity index (χ1) is 10.6. The van der Waals surface area contributed by atoms with Gasteiger partial charge in [-0.05, 0) is 24.3 Å². The molecule has 2 aromatic carbocycles. The van der Waals surface area contributed by atoms with E-state index in [4.69, 9.17) is 0 Å². The van der Waals surface area contributed by atoms with Crippen LogP contribution in [0.2, 0.25) is 0 Å². The number of rotatable bonds is 0. The van der Waals surface area contributed by atoms with E-state index in [0.29, 0.717) is 22.3 Å². The van der Waals surface area contributed by atoms with Crippen molar-refractivity contribution in [1.82, 2.24) is 5.32 Å². The summed E-state index contributed by atoms with van der Waals surface area (Å²) in [4.78, 5) is 43.6. The second-order valence-corrected chi connectivity index (χ2v) is 4.55. The van der Waals surface area contributed by atoms with Crippen LogP contribution in [0, 0.1) is 0 Å². The van der Waals surface area contributed by atoms with E-state index in [9.17, 15) is 19.2 Å². The molecule has 0 aromatic heterocycles. The Balaban J connectivity index is 0.000000131. The van der Waals surface area contributed by atoms with Crippen LogP contribution >= 0.6 is 0 Å². The molecule has 0 bridgehead atoms. The van der Waals surface area contributed by atoms with Crippen LogP contribution in [0.1, 0.15) is 41.4 Å². The summed E-state index contributed by atoms with van der Waals surface area (Å²) in [6.45, 7) is 0. The molecule has 6 nitrogen and oxygen atoms in total. The fraction of sp³-hybridized carbons (Fsp3) is 0. The first-order valence-electron chi connectivity index (χ1n) is 6.38. The number of carbonyl (C=O) groups excluding carboxylic acids is 4. The number of benzene rings is 2. The van der Waals surface area contributed by atoms with Gasteiger partial charge in [0.05, 0.1) is 22.3 Å². The molecule has 2 aliphatic rings. The Labute approximate surface area is 124 Å². The molecular formula is C16H9NO5. The molecule has 0 atom stereocenters. The minimum absolute atomic E-state index is 0.300. The van der Waals surface area contributed by atoms with Gasteiger partial charge in [0, 0.05) is 0 Å². The molecule has 0 aliphatic carbocycles. The van der Waals surface area contributed by atoms with Gasteiger partial charge in [0.15, 0.2) is 0 Å². The van der Waals surface area contributed by atoms with Crippen LogP contribution in [-0.2, 0) is 4.74 Å². The Morgan fingerprint density at radius 2 is 0.955 bits per heavy atom. The number of esters is 2. The molecule has 4 rings (SSSR count). The van der Waals surface area contributed by atoms with Crippen molar-refractivity contribution in [2.24, 2.45) is 0 Å². The van der Waals surface area contributed by atoms with Gasteiger partial charge in [-0.15, -0.1) is 0 Å². The van der Waals surface area contributed by atoms with Gasteiger partial charge in [0.2, 0.25) is 0 Å². The van der Waals surface area contributed by atoms with Crippen molar-refractivity contribution in [1.29, 1.82) is 0 Å². The molecule has 0 radical (unpaired) electrons. The molecule has 2 amide bonds. The highest BCUT2D eigenvalue weighted by Gasteiger charge is 2.28. The van der Waals surface area contributed by atoms with Crippen LogP contribution in [0.15, 0.2) is 48.5 Å². The van der Waals surface area contributed by atoms with Crippen molar-refractivity contribution < 1.29 is 23.9 Å². The van der Waals surface area contributed by atoms with E-state index < -0.39 is 11.9 Å². The van der Waals surface area contributed by atoms with Gasteiger partial charge >= 0.3 is 11.9 Å². The summed E-state index contributed by atoms with van der Waals surface area (Å²) in [7, 11) is 0. The Hall–Kier alpha value is -3.28. The molecule has 0 spiro atoms. The number of hydrogen-bond acceptors (Lipinski definition) is 5. The zero-order valence-corrected chi connectivity index (χ0v) is 11.2. The predicted molar refractivity (Wildman–Crippen MR) is 74.4 cm³/mol. The number of cyclic esters (lactones) is 2. The van der Waals surface area contributed by atoms with Crippen molar-refractivity contribution in [2.45, 2.75) is 0 Å². The van der Waals surface area contributed by atoms with Gasteiger partial charge in [-0.2, -0.15) is 0 Å². The first kappa shape index (κ1) is 13.7. The maximum absolute atomic E-state index is 10.9. The summed E-state index contributed by atoms with van der Waals surface area (Å²) in [5, 5.41) is 2.20. The number of imide groups is 1. The van der Waals surface area contributed by atoms with Crippen LogP contribution in [0.4, 0.5) is 0 Å². The van der Waals surface area contributed by atoms with Gasteiger partial charge in [-0.1, -0.05) is 24.3 Å². The molecule has 2 aliphatic heterocycles. The molecule has 0 fully saturated rings. The third-order valence-electron chi connectivity index (χ3n) is 3.20. The lowest BCUT2D eigenvalue weighted by Crippen LogP contribution is -2.19. The summed E-state index contributed by atoms with van der Waals surface area (Å²) in [5.41, 5.74) is 1.66. The third kappa shape index (κ3) is 2.26. The maximum atomic E-state index is 10.9. The van der Waals surface area contributed by atoms with Crippen LogP contribution < -0.4 is 5.32 Å². The van der Waals surface area contributed by atoms with Crippen molar-refractivity contribution in [3.05, 3.63) is 70.8 Å². The molecule has 0 saturated carbocycles. The van der Waals surface area contributed by atoms with Gasteiger partial charge in [-0.3, -0.25) is 14.9 Å². The molecule has 1 N–H and O–H groups in total. The van der Waals surface area contributed by atoms with Crippen LogP contribution in [0.25, 0.3) is 0 Å². The second kappa shape index (κ2) is 5.25. The van der Waals surface area contributed by atoms with Gasteiger partial charge in [-0.25, -0.2) is 9.59 Å². The smallest absolute Gasteiger partial charge is 0.346 e. The molecule has 2 heterocycles. The molecule has 2 aromatic rings. The molecule has 6 heteroatoms. The molecule has 0 saturated heterocycles. The summed E-state index contributed by atoms with van der Waals surface area (Å²) < 4.78 is 4.35. The fourth-order valence-electron chi connectivity index (χ4n) is 2.15. The lowest BCUT2D eigenvalue weighted by molar-refractivity contribution is 0.0443. The molecule has 108 valence electrons. The van der Waals surface area contributed by atoms with Crippen molar-refractivity contribution in [2.75, 3.05) is 0 Å². The largest absolute Gasteiger partial charge is 0.386 e.